The molecule has 3 rings (SSSR count). The number of carbonyl (C=O) groups is 1. The van der Waals surface area contributed by atoms with Crippen molar-refractivity contribution in [3.8, 4) is 0 Å². The van der Waals surface area contributed by atoms with Crippen molar-refractivity contribution in [2.45, 2.75) is 24.7 Å². The van der Waals surface area contributed by atoms with Crippen LogP contribution in [0.1, 0.15) is 18.4 Å². The van der Waals surface area contributed by atoms with Crippen molar-refractivity contribution in [3.05, 3.63) is 54.1 Å². The van der Waals surface area contributed by atoms with Gasteiger partial charge in [-0.2, -0.15) is 17.0 Å². The standard InChI is InChI=1S/C21H28N4O5S2/c1-16-7-4-5-9-20(16)23-31(27,28)19-12-10-18(11-13-19)22-21(26)17-8-6-14-25(15-17)32(29,30)24(2)3/h4-5,7,9-13,17,23H,6,8,14-15H2,1-3H3,(H,22,26)/t17-/m0/s1. The van der Waals surface area contributed by atoms with Crippen LogP contribution in [0.15, 0.2) is 53.4 Å². The summed E-state index contributed by atoms with van der Waals surface area (Å²) in [7, 11) is -4.43. The summed E-state index contributed by atoms with van der Waals surface area (Å²) in [5, 5.41) is 2.76. The molecular formula is C21H28N4O5S2. The highest BCUT2D eigenvalue weighted by atomic mass is 32.2. The summed E-state index contributed by atoms with van der Waals surface area (Å²) in [6, 6.07) is 12.9. The molecule has 32 heavy (non-hydrogen) atoms. The lowest BCUT2D eigenvalue weighted by atomic mass is 9.99. The van der Waals surface area contributed by atoms with Crippen molar-refractivity contribution >= 4 is 37.5 Å². The van der Waals surface area contributed by atoms with E-state index in [0.29, 0.717) is 30.8 Å². The molecule has 2 N–H and O–H groups in total. The first-order valence-corrected chi connectivity index (χ1v) is 13.1. The number of hydrogen-bond donors (Lipinski definition) is 2. The van der Waals surface area contributed by atoms with Crippen LogP contribution in [0.3, 0.4) is 0 Å². The number of nitrogens with zero attached hydrogens (tertiary/aromatic N) is 2. The third-order valence-electron chi connectivity index (χ3n) is 5.36. The first-order chi connectivity index (χ1) is 15.0. The molecule has 2 aromatic carbocycles. The van der Waals surface area contributed by atoms with Gasteiger partial charge >= 0.3 is 0 Å². The van der Waals surface area contributed by atoms with Gasteiger partial charge in [0.05, 0.1) is 16.5 Å². The fraction of sp³-hybridized carbons (Fsp3) is 0.381. The zero-order valence-corrected chi connectivity index (χ0v) is 19.9. The summed E-state index contributed by atoms with van der Waals surface area (Å²) in [4.78, 5) is 12.8. The first-order valence-electron chi connectivity index (χ1n) is 10.2. The summed E-state index contributed by atoms with van der Waals surface area (Å²) in [6.07, 6.45) is 1.17. The van der Waals surface area contributed by atoms with Crippen molar-refractivity contribution in [1.29, 1.82) is 0 Å². The van der Waals surface area contributed by atoms with Crippen LogP contribution in [-0.4, -0.2) is 58.5 Å². The summed E-state index contributed by atoms with van der Waals surface area (Å²) >= 11 is 0. The molecule has 0 aliphatic carbocycles. The number of benzene rings is 2. The summed E-state index contributed by atoms with van der Waals surface area (Å²) in [5.41, 5.74) is 1.75. The number of carbonyl (C=O) groups excluding carboxylic acids is 1. The lowest BCUT2D eigenvalue weighted by molar-refractivity contribution is -0.120. The number of amides is 1. The number of sulfonamides is 1. The minimum Gasteiger partial charge on any atom is -0.326 e. The monoisotopic (exact) mass is 480 g/mol. The van der Waals surface area contributed by atoms with Crippen molar-refractivity contribution in [3.63, 3.8) is 0 Å². The molecule has 1 fully saturated rings. The zero-order chi connectivity index (χ0) is 23.5. The molecule has 0 spiro atoms. The number of piperidine rings is 1. The van der Waals surface area contributed by atoms with Gasteiger partial charge in [-0.15, -0.1) is 0 Å². The van der Waals surface area contributed by atoms with E-state index in [1.165, 1.54) is 42.7 Å². The third kappa shape index (κ3) is 5.47. The molecule has 0 aromatic heterocycles. The maximum Gasteiger partial charge on any atom is 0.281 e. The summed E-state index contributed by atoms with van der Waals surface area (Å²) in [6.45, 7) is 2.30. The highest BCUT2D eigenvalue weighted by molar-refractivity contribution is 7.92. The lowest BCUT2D eigenvalue weighted by Gasteiger charge is -2.32. The normalized spacial score (nSPS) is 17.8. The van der Waals surface area contributed by atoms with Crippen molar-refractivity contribution < 1.29 is 21.6 Å². The molecule has 1 aliphatic heterocycles. The molecular weight excluding hydrogens is 452 g/mol. The molecule has 1 aliphatic rings. The van der Waals surface area contributed by atoms with Crippen LogP contribution < -0.4 is 10.0 Å². The first kappa shape index (κ1) is 24.2. The number of aryl methyl sites for hydroxylation is 1. The largest absolute Gasteiger partial charge is 0.326 e. The molecule has 1 saturated heterocycles. The van der Waals surface area contributed by atoms with E-state index in [4.69, 9.17) is 0 Å². The predicted molar refractivity (Wildman–Crippen MR) is 124 cm³/mol. The van der Waals surface area contributed by atoms with Gasteiger partial charge in [0.1, 0.15) is 0 Å². The number of nitrogens with one attached hydrogen (secondary N) is 2. The lowest BCUT2D eigenvalue weighted by Crippen LogP contribution is -2.47. The molecule has 0 unspecified atom stereocenters. The van der Waals surface area contributed by atoms with E-state index in [2.05, 4.69) is 10.0 Å². The molecule has 9 nitrogen and oxygen atoms in total. The van der Waals surface area contributed by atoms with E-state index in [-0.39, 0.29) is 17.3 Å². The van der Waals surface area contributed by atoms with Gasteiger partial charge in [0.2, 0.25) is 5.91 Å². The SMILES string of the molecule is Cc1ccccc1NS(=O)(=O)c1ccc(NC(=O)[C@H]2CCCN(S(=O)(=O)N(C)C)C2)cc1. The highest BCUT2D eigenvalue weighted by Crippen LogP contribution is 2.23. The molecule has 0 radical (unpaired) electrons. The van der Waals surface area contributed by atoms with E-state index in [1.54, 1.807) is 12.1 Å². The van der Waals surface area contributed by atoms with Crippen LogP contribution in [0.2, 0.25) is 0 Å². The van der Waals surface area contributed by atoms with Crippen LogP contribution in [0.4, 0.5) is 11.4 Å². The maximum atomic E-state index is 12.7. The molecule has 11 heteroatoms. The Labute approximate surface area is 189 Å². The Bertz CT molecular complexity index is 1180. The number of rotatable bonds is 7. The van der Waals surface area contributed by atoms with E-state index < -0.39 is 26.2 Å². The van der Waals surface area contributed by atoms with Gasteiger partial charge in [0, 0.05) is 32.9 Å². The van der Waals surface area contributed by atoms with Gasteiger partial charge in [-0.25, -0.2) is 8.42 Å². The molecule has 174 valence electrons. The second kappa shape index (κ2) is 9.57. The highest BCUT2D eigenvalue weighted by Gasteiger charge is 2.33. The van der Waals surface area contributed by atoms with Gasteiger partial charge in [-0.3, -0.25) is 9.52 Å². The average molecular weight is 481 g/mol. The Morgan fingerprint density at radius 3 is 2.31 bits per heavy atom. The molecule has 0 bridgehead atoms. The van der Waals surface area contributed by atoms with Crippen LogP contribution in [0, 0.1) is 12.8 Å². The third-order valence-corrected chi connectivity index (χ3v) is 8.65. The molecule has 2 aromatic rings. The van der Waals surface area contributed by atoms with E-state index in [0.717, 1.165) is 9.87 Å². The average Bonchev–Trinajstić information content (AvgIpc) is 2.75. The molecule has 1 amide bonds. The molecule has 0 saturated carbocycles. The van der Waals surface area contributed by atoms with E-state index in [1.807, 2.05) is 19.1 Å². The van der Waals surface area contributed by atoms with Crippen LogP contribution in [0.5, 0.6) is 0 Å². The second-order valence-corrected chi connectivity index (χ2v) is 11.7. The van der Waals surface area contributed by atoms with E-state index in [9.17, 15) is 21.6 Å². The van der Waals surface area contributed by atoms with Crippen molar-refractivity contribution in [2.75, 3.05) is 37.2 Å². The van der Waals surface area contributed by atoms with Crippen molar-refractivity contribution in [1.82, 2.24) is 8.61 Å². The Kier molecular flexibility index (Phi) is 7.23. The van der Waals surface area contributed by atoms with Crippen molar-refractivity contribution in [2.24, 2.45) is 5.92 Å². The van der Waals surface area contributed by atoms with Gasteiger partial charge in [-0.1, -0.05) is 18.2 Å². The van der Waals surface area contributed by atoms with Gasteiger partial charge in [0.15, 0.2) is 0 Å². The Hall–Kier alpha value is -2.47. The van der Waals surface area contributed by atoms with Crippen LogP contribution >= 0.6 is 0 Å². The fourth-order valence-electron chi connectivity index (χ4n) is 3.45. The smallest absolute Gasteiger partial charge is 0.281 e. The minimum absolute atomic E-state index is 0.0691. The van der Waals surface area contributed by atoms with Gasteiger partial charge < -0.3 is 5.32 Å². The number of anilines is 2. The van der Waals surface area contributed by atoms with E-state index >= 15 is 0 Å². The fourth-order valence-corrected chi connectivity index (χ4v) is 5.77. The predicted octanol–water partition coefficient (Wildman–Crippen LogP) is 2.25. The maximum absolute atomic E-state index is 12.7. The van der Waals surface area contributed by atoms with Crippen LogP contribution in [0.25, 0.3) is 0 Å². The number of hydrogen-bond acceptors (Lipinski definition) is 5. The van der Waals surface area contributed by atoms with Crippen LogP contribution in [-0.2, 0) is 25.0 Å². The topological polar surface area (TPSA) is 116 Å². The quantitative estimate of drug-likeness (QED) is 0.631. The summed E-state index contributed by atoms with van der Waals surface area (Å²) in [5.74, 6) is -0.776. The molecule has 1 heterocycles. The molecule has 1 atom stereocenters. The summed E-state index contributed by atoms with van der Waals surface area (Å²) < 4.78 is 55.0. The number of para-hydroxylation sites is 1. The Balaban J connectivity index is 1.66. The van der Waals surface area contributed by atoms with Gasteiger partial charge in [-0.05, 0) is 55.7 Å². The zero-order valence-electron chi connectivity index (χ0n) is 18.3. The Morgan fingerprint density at radius 1 is 1.03 bits per heavy atom. The minimum atomic E-state index is -3.77. The second-order valence-electron chi connectivity index (χ2n) is 7.92. The Morgan fingerprint density at radius 2 is 1.69 bits per heavy atom. The van der Waals surface area contributed by atoms with Gasteiger partial charge in [0.25, 0.3) is 20.2 Å².